The molecule has 0 saturated carbocycles. The summed E-state index contributed by atoms with van der Waals surface area (Å²) < 4.78 is 0. The van der Waals surface area contributed by atoms with Gasteiger partial charge in [-0.3, -0.25) is 4.79 Å². The van der Waals surface area contributed by atoms with Gasteiger partial charge in [-0.15, -0.1) is 11.3 Å². The molecule has 2 nitrogen and oxygen atoms in total. The van der Waals surface area contributed by atoms with E-state index in [0.717, 1.165) is 19.4 Å². The van der Waals surface area contributed by atoms with E-state index in [1.54, 1.807) is 11.3 Å². The normalized spacial score (nSPS) is 17.0. The predicted molar refractivity (Wildman–Crippen MR) is 107 cm³/mol. The summed E-state index contributed by atoms with van der Waals surface area (Å²) >= 11 is 1.76. The zero-order valence-electron chi connectivity index (χ0n) is 14.8. The van der Waals surface area contributed by atoms with E-state index in [1.807, 2.05) is 12.1 Å². The van der Waals surface area contributed by atoms with Crippen molar-refractivity contribution < 1.29 is 4.79 Å². The molecule has 1 aliphatic heterocycles. The van der Waals surface area contributed by atoms with E-state index in [-0.39, 0.29) is 17.9 Å². The third-order valence-electron chi connectivity index (χ3n) is 5.23. The Kier molecular flexibility index (Phi) is 5.16. The molecule has 1 saturated heterocycles. The number of nitrogens with zero attached hydrogens (tertiary/aromatic N) is 1. The summed E-state index contributed by atoms with van der Waals surface area (Å²) in [7, 11) is 0. The van der Waals surface area contributed by atoms with Crippen LogP contribution in [0.5, 0.6) is 0 Å². The molecule has 3 heteroatoms. The zero-order chi connectivity index (χ0) is 17.8. The molecule has 4 rings (SSSR count). The molecule has 0 radical (unpaired) electrons. The summed E-state index contributed by atoms with van der Waals surface area (Å²) in [4.78, 5) is 16.7. The molecule has 1 aromatic heterocycles. The maximum atomic E-state index is 13.2. The van der Waals surface area contributed by atoms with Crippen LogP contribution in [0.3, 0.4) is 0 Å². The smallest absolute Gasteiger partial charge is 0.224 e. The first-order valence-corrected chi connectivity index (χ1v) is 10.1. The number of amides is 1. The largest absolute Gasteiger partial charge is 0.335 e. The highest BCUT2D eigenvalue weighted by Crippen LogP contribution is 2.37. The number of carbonyl (C=O) groups excluding carboxylic acids is 1. The molecule has 1 atom stereocenters. The molecule has 3 aromatic rings. The molecule has 2 aromatic carbocycles. The number of carbonyl (C=O) groups is 1. The van der Waals surface area contributed by atoms with Crippen LogP contribution >= 0.6 is 11.3 Å². The molecule has 2 heterocycles. The first kappa shape index (κ1) is 17.0. The third-order valence-corrected chi connectivity index (χ3v) is 6.20. The molecular weight excluding hydrogens is 338 g/mol. The van der Waals surface area contributed by atoms with E-state index < -0.39 is 0 Å². The van der Waals surface area contributed by atoms with E-state index in [0.29, 0.717) is 6.42 Å². The molecule has 0 bridgehead atoms. The molecule has 1 amide bonds. The van der Waals surface area contributed by atoms with Crippen molar-refractivity contribution in [3.8, 4) is 0 Å². The second kappa shape index (κ2) is 7.88. The van der Waals surface area contributed by atoms with Crippen LogP contribution in [-0.2, 0) is 4.79 Å². The van der Waals surface area contributed by atoms with Crippen LogP contribution in [0.25, 0.3) is 0 Å². The number of benzene rings is 2. The van der Waals surface area contributed by atoms with Crippen LogP contribution in [0.1, 0.15) is 47.2 Å². The minimum atomic E-state index is 0.106. The fourth-order valence-electron chi connectivity index (χ4n) is 3.93. The monoisotopic (exact) mass is 361 g/mol. The Morgan fingerprint density at radius 1 is 0.962 bits per heavy atom. The van der Waals surface area contributed by atoms with Crippen molar-refractivity contribution in [2.75, 3.05) is 6.54 Å². The van der Waals surface area contributed by atoms with Crippen molar-refractivity contribution in [3.05, 3.63) is 94.2 Å². The van der Waals surface area contributed by atoms with Gasteiger partial charge in [0.15, 0.2) is 0 Å². The number of thiophene rings is 1. The summed E-state index contributed by atoms with van der Waals surface area (Å²) in [6.07, 6.45) is 2.69. The number of hydrogen-bond acceptors (Lipinski definition) is 2. The summed E-state index contributed by atoms with van der Waals surface area (Å²) in [6, 6.07) is 25.3. The topological polar surface area (TPSA) is 20.3 Å². The standard InChI is InChI=1S/C23H23NOS/c25-23(24-15-7-13-21(24)22-14-8-16-26-22)17-20(18-9-3-1-4-10-18)19-11-5-2-6-12-19/h1-6,8-12,14,16,20-21H,7,13,15,17H2. The first-order chi connectivity index (χ1) is 12.8. The van der Waals surface area contributed by atoms with Crippen molar-refractivity contribution in [1.82, 2.24) is 4.90 Å². The number of likely N-dealkylation sites (tertiary alicyclic amines) is 1. The summed E-state index contributed by atoms with van der Waals surface area (Å²) in [5, 5.41) is 2.10. The Balaban J connectivity index is 1.58. The average molecular weight is 362 g/mol. The molecule has 0 N–H and O–H groups in total. The van der Waals surface area contributed by atoms with Gasteiger partial charge in [-0.1, -0.05) is 66.7 Å². The van der Waals surface area contributed by atoms with Gasteiger partial charge in [0, 0.05) is 23.8 Å². The van der Waals surface area contributed by atoms with Gasteiger partial charge in [0.05, 0.1) is 6.04 Å². The van der Waals surface area contributed by atoms with Crippen molar-refractivity contribution in [1.29, 1.82) is 0 Å². The second-order valence-corrected chi connectivity index (χ2v) is 7.82. The van der Waals surface area contributed by atoms with E-state index in [9.17, 15) is 4.79 Å². The van der Waals surface area contributed by atoms with Gasteiger partial charge in [-0.2, -0.15) is 0 Å². The number of hydrogen-bond donors (Lipinski definition) is 0. The van der Waals surface area contributed by atoms with Crippen LogP contribution in [0, 0.1) is 0 Å². The van der Waals surface area contributed by atoms with Gasteiger partial charge in [0.1, 0.15) is 0 Å². The lowest BCUT2D eigenvalue weighted by Crippen LogP contribution is -2.31. The first-order valence-electron chi connectivity index (χ1n) is 9.25. The predicted octanol–water partition coefficient (Wildman–Crippen LogP) is 5.63. The van der Waals surface area contributed by atoms with Crippen LogP contribution in [0.15, 0.2) is 78.2 Å². The summed E-state index contributed by atoms with van der Waals surface area (Å²) in [5.74, 6) is 0.369. The van der Waals surface area contributed by atoms with Gasteiger partial charge < -0.3 is 4.90 Å². The Bertz CT molecular complexity index is 790. The summed E-state index contributed by atoms with van der Waals surface area (Å²) in [6.45, 7) is 0.873. The highest BCUT2D eigenvalue weighted by molar-refractivity contribution is 7.10. The van der Waals surface area contributed by atoms with Crippen molar-refractivity contribution in [2.45, 2.75) is 31.2 Å². The van der Waals surface area contributed by atoms with E-state index in [1.165, 1.54) is 16.0 Å². The number of rotatable bonds is 5. The van der Waals surface area contributed by atoms with Gasteiger partial charge >= 0.3 is 0 Å². The van der Waals surface area contributed by atoms with E-state index in [2.05, 4.69) is 70.9 Å². The molecule has 0 aliphatic carbocycles. The van der Waals surface area contributed by atoms with Gasteiger partial charge in [-0.05, 0) is 35.4 Å². The Morgan fingerprint density at radius 3 is 2.19 bits per heavy atom. The molecule has 26 heavy (non-hydrogen) atoms. The van der Waals surface area contributed by atoms with Crippen LogP contribution < -0.4 is 0 Å². The minimum absolute atomic E-state index is 0.106. The highest BCUT2D eigenvalue weighted by atomic mass is 32.1. The highest BCUT2D eigenvalue weighted by Gasteiger charge is 2.32. The molecule has 1 aliphatic rings. The fraction of sp³-hybridized carbons (Fsp3) is 0.261. The van der Waals surface area contributed by atoms with Crippen LogP contribution in [0.2, 0.25) is 0 Å². The Hall–Kier alpha value is -2.39. The SMILES string of the molecule is O=C(CC(c1ccccc1)c1ccccc1)N1CCCC1c1cccs1. The lowest BCUT2D eigenvalue weighted by Gasteiger charge is -2.27. The third kappa shape index (κ3) is 3.58. The summed E-state index contributed by atoms with van der Waals surface area (Å²) in [5.41, 5.74) is 2.41. The van der Waals surface area contributed by atoms with Gasteiger partial charge in [-0.25, -0.2) is 0 Å². The molecule has 0 spiro atoms. The van der Waals surface area contributed by atoms with Crippen LogP contribution in [0.4, 0.5) is 0 Å². The Labute approximate surface area is 159 Å². The van der Waals surface area contributed by atoms with Crippen molar-refractivity contribution in [3.63, 3.8) is 0 Å². The lowest BCUT2D eigenvalue weighted by molar-refractivity contribution is -0.132. The van der Waals surface area contributed by atoms with Crippen molar-refractivity contribution >= 4 is 17.2 Å². The Morgan fingerprint density at radius 2 is 1.62 bits per heavy atom. The average Bonchev–Trinajstić information content (AvgIpc) is 3.38. The van der Waals surface area contributed by atoms with Crippen LogP contribution in [-0.4, -0.2) is 17.4 Å². The quantitative estimate of drug-likeness (QED) is 0.576. The second-order valence-electron chi connectivity index (χ2n) is 6.84. The lowest BCUT2D eigenvalue weighted by atomic mass is 9.88. The molecular formula is C23H23NOS. The molecule has 132 valence electrons. The maximum absolute atomic E-state index is 13.2. The molecule has 1 unspecified atom stereocenters. The van der Waals surface area contributed by atoms with Crippen molar-refractivity contribution in [2.24, 2.45) is 0 Å². The van der Waals surface area contributed by atoms with Gasteiger partial charge in [0.25, 0.3) is 0 Å². The van der Waals surface area contributed by atoms with Gasteiger partial charge in [0.2, 0.25) is 5.91 Å². The minimum Gasteiger partial charge on any atom is -0.335 e. The fourth-order valence-corrected chi connectivity index (χ4v) is 4.81. The maximum Gasteiger partial charge on any atom is 0.224 e. The molecule has 1 fully saturated rings. The zero-order valence-corrected chi connectivity index (χ0v) is 15.6. The van der Waals surface area contributed by atoms with E-state index >= 15 is 0 Å². The van der Waals surface area contributed by atoms with E-state index in [4.69, 9.17) is 0 Å².